The molecule has 2 aromatic carbocycles. The van der Waals surface area contributed by atoms with Crippen molar-refractivity contribution in [2.45, 2.75) is 10.9 Å². The summed E-state index contributed by atoms with van der Waals surface area (Å²) >= 11 is 13.6. The van der Waals surface area contributed by atoms with Crippen molar-refractivity contribution < 1.29 is 0 Å². The highest BCUT2D eigenvalue weighted by molar-refractivity contribution is 8.93. The molecule has 0 amide bonds. The second kappa shape index (κ2) is 6.85. The lowest BCUT2D eigenvalue weighted by molar-refractivity contribution is 1.08. The van der Waals surface area contributed by atoms with Crippen LogP contribution < -0.4 is 0 Å². The smallest absolute Gasteiger partial charge is 0.166 e. The van der Waals surface area contributed by atoms with Crippen LogP contribution in [0.15, 0.2) is 47.6 Å². The van der Waals surface area contributed by atoms with Crippen LogP contribution in [0, 0.1) is 0 Å². The lowest BCUT2D eigenvalue weighted by Gasteiger charge is -2.02. The van der Waals surface area contributed by atoms with Gasteiger partial charge in [-0.1, -0.05) is 53.2 Å². The van der Waals surface area contributed by atoms with Gasteiger partial charge in [-0.3, -0.25) is 0 Å². The van der Waals surface area contributed by atoms with E-state index < -0.39 is 0 Å². The number of halogens is 3. The quantitative estimate of drug-likeness (QED) is 0.578. The minimum Gasteiger partial charge on any atom is -0.333 e. The van der Waals surface area contributed by atoms with Gasteiger partial charge in [0.05, 0.1) is 11.0 Å². The third-order valence-electron chi connectivity index (χ3n) is 2.75. The first kappa shape index (κ1) is 15.7. The number of H-pyrrole nitrogens is 1. The number of benzene rings is 2. The van der Waals surface area contributed by atoms with Crippen molar-refractivity contribution in [1.29, 1.82) is 0 Å². The number of aromatic amines is 1. The van der Waals surface area contributed by atoms with Crippen molar-refractivity contribution in [3.05, 3.63) is 58.1 Å². The normalized spacial score (nSPS) is 10.5. The minimum absolute atomic E-state index is 0. The predicted molar refractivity (Wildman–Crippen MR) is 92.4 cm³/mol. The third-order valence-corrected chi connectivity index (χ3v) is 4.26. The van der Waals surface area contributed by atoms with Gasteiger partial charge >= 0.3 is 0 Å². The molecule has 104 valence electrons. The molecule has 0 bridgehead atoms. The summed E-state index contributed by atoms with van der Waals surface area (Å²) in [5.41, 5.74) is 3.08. The topological polar surface area (TPSA) is 28.7 Å². The molecule has 0 radical (unpaired) electrons. The second-order valence-electron chi connectivity index (χ2n) is 4.08. The summed E-state index contributed by atoms with van der Waals surface area (Å²) in [6, 6.07) is 13.5. The average molecular weight is 390 g/mol. The van der Waals surface area contributed by atoms with Crippen LogP contribution in [0.5, 0.6) is 0 Å². The lowest BCUT2D eigenvalue weighted by atomic mass is 10.2. The van der Waals surface area contributed by atoms with Crippen molar-refractivity contribution in [3.63, 3.8) is 0 Å². The van der Waals surface area contributed by atoms with Crippen molar-refractivity contribution in [2.24, 2.45) is 0 Å². The number of hydrogen-bond acceptors (Lipinski definition) is 2. The number of para-hydroxylation sites is 2. The zero-order valence-electron chi connectivity index (χ0n) is 10.3. The number of nitrogens with zero attached hydrogens (tertiary/aromatic N) is 1. The van der Waals surface area contributed by atoms with Crippen molar-refractivity contribution >= 4 is 63.0 Å². The van der Waals surface area contributed by atoms with Gasteiger partial charge in [-0.05, 0) is 29.8 Å². The Kier molecular flexibility index (Phi) is 5.38. The third kappa shape index (κ3) is 3.50. The maximum absolute atomic E-state index is 6.15. The maximum Gasteiger partial charge on any atom is 0.166 e. The molecule has 0 aliphatic rings. The number of rotatable bonds is 3. The van der Waals surface area contributed by atoms with Crippen LogP contribution >= 0.6 is 51.9 Å². The molecule has 3 rings (SSSR count). The van der Waals surface area contributed by atoms with Crippen LogP contribution in [-0.2, 0) is 5.75 Å². The number of nitrogens with one attached hydrogen (secondary N) is 1. The Bertz CT molecular complexity index is 697. The molecule has 0 aliphatic heterocycles. The molecule has 0 fully saturated rings. The average Bonchev–Trinajstić information content (AvgIpc) is 2.80. The molecule has 20 heavy (non-hydrogen) atoms. The summed E-state index contributed by atoms with van der Waals surface area (Å²) in [5, 5.41) is 2.24. The van der Waals surface area contributed by atoms with Gasteiger partial charge in [-0.15, -0.1) is 17.0 Å². The van der Waals surface area contributed by atoms with E-state index in [0.29, 0.717) is 10.0 Å². The van der Waals surface area contributed by atoms with E-state index in [2.05, 4.69) is 9.97 Å². The molecule has 0 aliphatic carbocycles. The van der Waals surface area contributed by atoms with Crippen molar-refractivity contribution in [2.75, 3.05) is 0 Å². The summed E-state index contributed by atoms with van der Waals surface area (Å²) in [4.78, 5) is 7.79. The number of imidazole rings is 1. The minimum atomic E-state index is 0. The molecular weight excluding hydrogens is 379 g/mol. The highest BCUT2D eigenvalue weighted by Gasteiger charge is 2.05. The second-order valence-corrected chi connectivity index (χ2v) is 5.89. The fourth-order valence-electron chi connectivity index (χ4n) is 1.78. The Balaban J connectivity index is 0.00000147. The number of thioether (sulfide) groups is 1. The van der Waals surface area contributed by atoms with Crippen LogP contribution in [0.3, 0.4) is 0 Å². The van der Waals surface area contributed by atoms with Crippen LogP contribution in [0.4, 0.5) is 0 Å². The highest BCUT2D eigenvalue weighted by Crippen LogP contribution is 2.28. The Morgan fingerprint density at radius 3 is 2.65 bits per heavy atom. The Morgan fingerprint density at radius 1 is 1.10 bits per heavy atom. The molecule has 2 nitrogen and oxygen atoms in total. The van der Waals surface area contributed by atoms with E-state index in [-0.39, 0.29) is 17.0 Å². The molecule has 0 saturated heterocycles. The van der Waals surface area contributed by atoms with E-state index >= 15 is 0 Å². The zero-order chi connectivity index (χ0) is 13.2. The van der Waals surface area contributed by atoms with Gasteiger partial charge in [0.25, 0.3) is 0 Å². The fourth-order valence-corrected chi connectivity index (χ4v) is 3.23. The molecule has 6 heteroatoms. The molecule has 0 spiro atoms. The predicted octanol–water partition coefficient (Wildman–Crippen LogP) is 5.74. The Hall–Kier alpha value is -0.680. The summed E-state index contributed by atoms with van der Waals surface area (Å²) < 4.78 is 0. The van der Waals surface area contributed by atoms with Gasteiger partial charge in [0.15, 0.2) is 5.16 Å². The van der Waals surface area contributed by atoms with Gasteiger partial charge in [-0.25, -0.2) is 4.98 Å². The molecule has 3 aromatic rings. The molecule has 0 saturated carbocycles. The monoisotopic (exact) mass is 388 g/mol. The zero-order valence-corrected chi connectivity index (χ0v) is 14.3. The lowest BCUT2D eigenvalue weighted by Crippen LogP contribution is -1.83. The van der Waals surface area contributed by atoms with E-state index in [0.717, 1.165) is 27.5 Å². The molecule has 1 N–H and O–H groups in total. The van der Waals surface area contributed by atoms with Crippen LogP contribution in [-0.4, -0.2) is 9.97 Å². The SMILES string of the molecule is Br.Clc1ccc(CSc2nc3ccccc3[nH]2)c(Cl)c1. The van der Waals surface area contributed by atoms with E-state index in [4.69, 9.17) is 23.2 Å². The van der Waals surface area contributed by atoms with Gasteiger partial charge in [-0.2, -0.15) is 0 Å². The number of hydrogen-bond donors (Lipinski definition) is 1. The first-order chi connectivity index (χ1) is 9.22. The van der Waals surface area contributed by atoms with E-state index in [1.165, 1.54) is 0 Å². The van der Waals surface area contributed by atoms with Crippen LogP contribution in [0.2, 0.25) is 10.0 Å². The standard InChI is InChI=1S/C14H10Cl2N2S.BrH/c15-10-6-5-9(11(16)7-10)8-19-14-17-12-3-1-2-4-13(12)18-14;/h1-7H,8H2,(H,17,18);1H. The molecular formula is C14H11BrCl2N2S. The largest absolute Gasteiger partial charge is 0.333 e. The van der Waals surface area contributed by atoms with Crippen molar-refractivity contribution in [1.82, 2.24) is 9.97 Å². The summed E-state index contributed by atoms with van der Waals surface area (Å²) in [5.74, 6) is 0.760. The van der Waals surface area contributed by atoms with E-state index in [9.17, 15) is 0 Å². The summed E-state index contributed by atoms with van der Waals surface area (Å²) in [7, 11) is 0. The van der Waals surface area contributed by atoms with Crippen LogP contribution in [0.1, 0.15) is 5.56 Å². The molecule has 1 heterocycles. The Labute approximate surface area is 141 Å². The van der Waals surface area contributed by atoms with Crippen LogP contribution in [0.25, 0.3) is 11.0 Å². The fraction of sp³-hybridized carbons (Fsp3) is 0.0714. The van der Waals surface area contributed by atoms with Gasteiger partial charge < -0.3 is 4.98 Å². The first-order valence-electron chi connectivity index (χ1n) is 5.74. The highest BCUT2D eigenvalue weighted by atomic mass is 79.9. The van der Waals surface area contributed by atoms with E-state index in [1.807, 2.05) is 36.4 Å². The van der Waals surface area contributed by atoms with Gasteiger partial charge in [0, 0.05) is 15.8 Å². The molecule has 0 unspecified atom stereocenters. The van der Waals surface area contributed by atoms with Crippen molar-refractivity contribution in [3.8, 4) is 0 Å². The van der Waals surface area contributed by atoms with E-state index in [1.54, 1.807) is 17.8 Å². The van der Waals surface area contributed by atoms with Gasteiger partial charge in [0.1, 0.15) is 0 Å². The first-order valence-corrected chi connectivity index (χ1v) is 7.48. The Morgan fingerprint density at radius 2 is 1.90 bits per heavy atom. The number of fused-ring (bicyclic) bond motifs is 1. The molecule has 1 aromatic heterocycles. The summed E-state index contributed by atoms with van der Waals surface area (Å²) in [6.07, 6.45) is 0. The van der Waals surface area contributed by atoms with Gasteiger partial charge in [0.2, 0.25) is 0 Å². The maximum atomic E-state index is 6.15. The summed E-state index contributed by atoms with van der Waals surface area (Å²) in [6.45, 7) is 0. The number of aromatic nitrogens is 2. The molecule has 0 atom stereocenters.